The van der Waals surface area contributed by atoms with E-state index < -0.39 is 10.0 Å². The first-order chi connectivity index (χ1) is 12.3. The van der Waals surface area contributed by atoms with Crippen LogP contribution in [0, 0.1) is 0 Å². The molecule has 26 heavy (non-hydrogen) atoms. The number of nitrogens with one attached hydrogen (secondary N) is 1. The summed E-state index contributed by atoms with van der Waals surface area (Å²) in [6.45, 7) is 1.85. The number of rotatable bonds is 5. The average Bonchev–Trinajstić information content (AvgIpc) is 3.07. The van der Waals surface area contributed by atoms with Crippen LogP contribution >= 0.6 is 0 Å². The van der Waals surface area contributed by atoms with Gasteiger partial charge < -0.3 is 4.90 Å². The lowest BCUT2D eigenvalue weighted by Crippen LogP contribution is -2.31. The predicted octanol–water partition coefficient (Wildman–Crippen LogP) is 1.97. The highest BCUT2D eigenvalue weighted by molar-refractivity contribution is 7.89. The molecule has 1 atom stereocenters. The van der Waals surface area contributed by atoms with Crippen molar-refractivity contribution in [2.24, 2.45) is 5.14 Å². The van der Waals surface area contributed by atoms with E-state index in [1.54, 1.807) is 30.3 Å². The Labute approximate surface area is 151 Å². The van der Waals surface area contributed by atoms with Gasteiger partial charge in [-0.1, -0.05) is 24.3 Å². The van der Waals surface area contributed by atoms with Crippen molar-refractivity contribution in [3.63, 3.8) is 0 Å². The van der Waals surface area contributed by atoms with E-state index in [-0.39, 0.29) is 23.3 Å². The molecular formula is C18H20N4O3S. The summed E-state index contributed by atoms with van der Waals surface area (Å²) in [4.78, 5) is 14.3. The first-order valence-electron chi connectivity index (χ1n) is 8.06. The number of hydrogen-bond acceptors (Lipinski definition) is 4. The molecule has 0 aliphatic heterocycles. The molecule has 0 bridgehead atoms. The number of sulfonamides is 1. The lowest BCUT2D eigenvalue weighted by atomic mass is 10.1. The van der Waals surface area contributed by atoms with Crippen molar-refractivity contribution in [2.45, 2.75) is 24.3 Å². The number of amides is 1. The Morgan fingerprint density at radius 3 is 2.77 bits per heavy atom. The van der Waals surface area contributed by atoms with Gasteiger partial charge in [-0.05, 0) is 36.2 Å². The number of nitrogens with two attached hydrogens (primary N) is 1. The fourth-order valence-electron chi connectivity index (χ4n) is 2.78. The Hall–Kier alpha value is -2.71. The number of likely N-dealkylation sites (N-methyl/N-ethyl adjacent to an activating group) is 1. The molecule has 0 aliphatic rings. The molecule has 1 aromatic heterocycles. The van der Waals surface area contributed by atoms with E-state index in [1.807, 2.05) is 25.1 Å². The molecule has 1 amide bonds. The van der Waals surface area contributed by atoms with Gasteiger partial charge in [-0.3, -0.25) is 9.89 Å². The van der Waals surface area contributed by atoms with Gasteiger partial charge in [0, 0.05) is 12.4 Å². The summed E-state index contributed by atoms with van der Waals surface area (Å²) in [6.07, 6.45) is 1.97. The van der Waals surface area contributed by atoms with Gasteiger partial charge in [0.05, 0.1) is 29.1 Å². The maximum absolute atomic E-state index is 12.6. The van der Waals surface area contributed by atoms with Gasteiger partial charge in [-0.2, -0.15) is 5.10 Å². The fourth-order valence-corrected chi connectivity index (χ4v) is 3.35. The highest BCUT2D eigenvalue weighted by atomic mass is 32.2. The van der Waals surface area contributed by atoms with Crippen LogP contribution in [0.25, 0.3) is 10.9 Å². The monoisotopic (exact) mass is 372 g/mol. The molecule has 0 fully saturated rings. The number of hydrogen-bond donors (Lipinski definition) is 2. The van der Waals surface area contributed by atoms with Gasteiger partial charge in [-0.15, -0.1) is 0 Å². The molecule has 7 nitrogen and oxygen atoms in total. The summed E-state index contributed by atoms with van der Waals surface area (Å²) < 4.78 is 23.1. The minimum absolute atomic E-state index is 0.0346. The van der Waals surface area contributed by atoms with E-state index in [0.717, 1.165) is 16.5 Å². The van der Waals surface area contributed by atoms with Gasteiger partial charge in [0.15, 0.2) is 0 Å². The minimum atomic E-state index is -3.78. The smallest absolute Gasteiger partial charge is 0.238 e. The van der Waals surface area contributed by atoms with Crippen molar-refractivity contribution < 1.29 is 13.2 Å². The molecule has 8 heteroatoms. The largest absolute Gasteiger partial charge is 0.339 e. The van der Waals surface area contributed by atoms with Crippen LogP contribution in [0.1, 0.15) is 24.1 Å². The summed E-state index contributed by atoms with van der Waals surface area (Å²) in [7, 11) is -2.08. The zero-order valence-corrected chi connectivity index (χ0v) is 15.3. The number of carbonyl (C=O) groups is 1. The fraction of sp³-hybridized carbons (Fsp3) is 0.222. The minimum Gasteiger partial charge on any atom is -0.339 e. The number of H-pyrrole nitrogens is 1. The quantitative estimate of drug-likeness (QED) is 0.713. The number of carbonyl (C=O) groups excluding carboxylic acids is 1. The first-order valence-corrected chi connectivity index (χ1v) is 9.61. The maximum Gasteiger partial charge on any atom is 0.238 e. The van der Waals surface area contributed by atoms with Crippen LogP contribution < -0.4 is 5.14 Å². The summed E-state index contributed by atoms with van der Waals surface area (Å²) in [6, 6.07) is 11.8. The van der Waals surface area contributed by atoms with Crippen molar-refractivity contribution in [1.29, 1.82) is 0 Å². The van der Waals surface area contributed by atoms with Gasteiger partial charge in [0.2, 0.25) is 15.9 Å². The van der Waals surface area contributed by atoms with E-state index in [1.165, 1.54) is 12.1 Å². The van der Waals surface area contributed by atoms with Gasteiger partial charge in [-0.25, -0.2) is 13.6 Å². The molecule has 3 aromatic rings. The molecule has 3 rings (SSSR count). The highest BCUT2D eigenvalue weighted by Gasteiger charge is 2.19. The molecule has 0 radical (unpaired) electrons. The van der Waals surface area contributed by atoms with E-state index in [2.05, 4.69) is 10.2 Å². The summed E-state index contributed by atoms with van der Waals surface area (Å²) in [5, 5.41) is 13.0. The van der Waals surface area contributed by atoms with Crippen LogP contribution in [0.2, 0.25) is 0 Å². The molecule has 0 saturated carbocycles. The molecule has 136 valence electrons. The molecule has 3 N–H and O–H groups in total. The van der Waals surface area contributed by atoms with Crippen LogP contribution in [-0.4, -0.2) is 36.5 Å². The molecular weight excluding hydrogens is 352 g/mol. The molecule has 1 unspecified atom stereocenters. The van der Waals surface area contributed by atoms with Gasteiger partial charge in [0.1, 0.15) is 0 Å². The average molecular weight is 372 g/mol. The zero-order chi connectivity index (χ0) is 18.9. The third-order valence-corrected chi connectivity index (χ3v) is 5.42. The van der Waals surface area contributed by atoms with E-state index in [9.17, 15) is 13.2 Å². The summed E-state index contributed by atoms with van der Waals surface area (Å²) in [5.74, 6) is -0.0719. The normalized spacial score (nSPS) is 12.9. The number of primary sulfonamides is 1. The van der Waals surface area contributed by atoms with Gasteiger partial charge >= 0.3 is 0 Å². The zero-order valence-electron chi connectivity index (χ0n) is 14.5. The third-order valence-electron chi connectivity index (χ3n) is 4.51. The third kappa shape index (κ3) is 3.76. The van der Waals surface area contributed by atoms with Crippen LogP contribution in [0.4, 0.5) is 0 Å². The Balaban J connectivity index is 1.77. The van der Waals surface area contributed by atoms with Crippen molar-refractivity contribution in [1.82, 2.24) is 15.1 Å². The van der Waals surface area contributed by atoms with Crippen LogP contribution in [0.3, 0.4) is 0 Å². The highest BCUT2D eigenvalue weighted by Crippen LogP contribution is 2.22. The molecule has 2 aromatic carbocycles. The Bertz CT molecular complexity index is 1060. The van der Waals surface area contributed by atoms with E-state index in [0.29, 0.717) is 5.56 Å². The lowest BCUT2D eigenvalue weighted by Gasteiger charge is -2.26. The number of fused-ring (bicyclic) bond motifs is 1. The summed E-state index contributed by atoms with van der Waals surface area (Å²) in [5.41, 5.74) is 2.47. The van der Waals surface area contributed by atoms with Crippen LogP contribution in [0.5, 0.6) is 0 Å². The molecule has 0 saturated heterocycles. The standard InChI is InChI=1S/C18H20N4O3S/c1-12(14-4-3-5-16(10-14)26(19,24)25)22(2)18(23)9-13-6-7-15-11-20-21-17(15)8-13/h3-8,10-12H,9H2,1-2H3,(H,20,21)(H2,19,24,25). The second-order valence-electron chi connectivity index (χ2n) is 6.27. The summed E-state index contributed by atoms with van der Waals surface area (Å²) >= 11 is 0. The Morgan fingerprint density at radius 2 is 2.04 bits per heavy atom. The molecule has 0 aliphatic carbocycles. The molecule has 0 spiro atoms. The Kier molecular flexibility index (Phi) is 4.80. The Morgan fingerprint density at radius 1 is 1.27 bits per heavy atom. The van der Waals surface area contributed by atoms with Crippen molar-refractivity contribution in [3.05, 3.63) is 59.8 Å². The van der Waals surface area contributed by atoms with E-state index in [4.69, 9.17) is 5.14 Å². The predicted molar refractivity (Wildman–Crippen MR) is 98.8 cm³/mol. The van der Waals surface area contributed by atoms with Crippen LogP contribution in [-0.2, 0) is 21.2 Å². The topological polar surface area (TPSA) is 109 Å². The van der Waals surface area contributed by atoms with Crippen molar-refractivity contribution >= 4 is 26.8 Å². The first kappa shape index (κ1) is 18.1. The maximum atomic E-state index is 12.6. The number of nitrogens with zero attached hydrogens (tertiary/aromatic N) is 2. The second kappa shape index (κ2) is 6.89. The lowest BCUT2D eigenvalue weighted by molar-refractivity contribution is -0.131. The van der Waals surface area contributed by atoms with Gasteiger partial charge in [0.25, 0.3) is 0 Å². The number of aromatic amines is 1. The SMILES string of the molecule is CC(c1cccc(S(N)(=O)=O)c1)N(C)C(=O)Cc1ccc2cn[nH]c2c1. The van der Waals surface area contributed by atoms with Crippen molar-refractivity contribution in [2.75, 3.05) is 7.05 Å². The number of aromatic nitrogens is 2. The van der Waals surface area contributed by atoms with Crippen LogP contribution in [0.15, 0.2) is 53.6 Å². The van der Waals surface area contributed by atoms with Crippen molar-refractivity contribution in [3.8, 4) is 0 Å². The van der Waals surface area contributed by atoms with E-state index >= 15 is 0 Å². The second-order valence-corrected chi connectivity index (χ2v) is 7.83. The number of benzene rings is 2. The molecule has 1 heterocycles.